The molecule has 1 heterocycles. The lowest BCUT2D eigenvalue weighted by Crippen LogP contribution is -2.48. The van der Waals surface area contributed by atoms with Gasteiger partial charge in [-0.1, -0.05) is 17.7 Å². The number of piperidine rings is 1. The Morgan fingerprint density at radius 1 is 1.27 bits per heavy atom. The summed E-state index contributed by atoms with van der Waals surface area (Å²) in [5, 5.41) is 0. The van der Waals surface area contributed by atoms with Gasteiger partial charge in [-0.3, -0.25) is 4.79 Å². The molecule has 22 heavy (non-hydrogen) atoms. The number of carbonyl (C=O) groups excluding carboxylic acids is 1. The second kappa shape index (κ2) is 5.35. The van der Waals surface area contributed by atoms with Crippen LogP contribution in [0.3, 0.4) is 0 Å². The van der Waals surface area contributed by atoms with Gasteiger partial charge < -0.3 is 4.74 Å². The van der Waals surface area contributed by atoms with Crippen molar-refractivity contribution in [1.82, 2.24) is 4.31 Å². The molecular formula is C16H21NO4S. The van der Waals surface area contributed by atoms with Crippen molar-refractivity contribution < 1.29 is 17.9 Å². The molecule has 1 atom stereocenters. The SMILES string of the molecule is CC(=O)O[C@H]1CN(S(=O)(=O)c2ccc(C)cc2)CC2(CC2)C1. The monoisotopic (exact) mass is 323 g/mol. The van der Waals surface area contributed by atoms with E-state index in [9.17, 15) is 13.2 Å². The third-order valence-electron chi connectivity index (χ3n) is 4.53. The van der Waals surface area contributed by atoms with Crippen molar-refractivity contribution in [2.24, 2.45) is 5.41 Å². The largest absolute Gasteiger partial charge is 0.461 e. The van der Waals surface area contributed by atoms with Crippen LogP contribution in [0, 0.1) is 12.3 Å². The van der Waals surface area contributed by atoms with Crippen LogP contribution in [0.4, 0.5) is 0 Å². The van der Waals surface area contributed by atoms with E-state index in [-0.39, 0.29) is 24.0 Å². The highest BCUT2D eigenvalue weighted by Crippen LogP contribution is 2.53. The van der Waals surface area contributed by atoms with Crippen molar-refractivity contribution in [2.45, 2.75) is 44.1 Å². The van der Waals surface area contributed by atoms with Crippen LogP contribution in [-0.2, 0) is 19.6 Å². The Morgan fingerprint density at radius 3 is 2.45 bits per heavy atom. The fourth-order valence-electron chi connectivity index (χ4n) is 3.17. The smallest absolute Gasteiger partial charge is 0.302 e. The van der Waals surface area contributed by atoms with Crippen molar-refractivity contribution in [3.05, 3.63) is 29.8 Å². The fourth-order valence-corrected chi connectivity index (χ4v) is 4.76. The molecule has 1 saturated carbocycles. The number of sulfonamides is 1. The molecule has 5 nitrogen and oxygen atoms in total. The minimum atomic E-state index is -3.54. The summed E-state index contributed by atoms with van der Waals surface area (Å²) < 4.78 is 32.5. The molecule has 0 unspecified atom stereocenters. The standard InChI is InChI=1S/C16H21NO4S/c1-12-3-5-15(6-4-12)22(19,20)17-10-14(21-13(2)18)9-16(11-17)7-8-16/h3-6,14H,7-11H2,1-2H3/t14-/m1/s1. The number of benzene rings is 1. The Balaban J connectivity index is 1.85. The molecule has 3 rings (SSSR count). The summed E-state index contributed by atoms with van der Waals surface area (Å²) in [5.41, 5.74) is 1.03. The van der Waals surface area contributed by atoms with Gasteiger partial charge in [0, 0.05) is 13.5 Å². The van der Waals surface area contributed by atoms with Gasteiger partial charge in [-0.2, -0.15) is 4.31 Å². The van der Waals surface area contributed by atoms with Crippen molar-refractivity contribution in [1.29, 1.82) is 0 Å². The van der Waals surface area contributed by atoms with E-state index in [1.165, 1.54) is 11.2 Å². The number of esters is 1. The number of aryl methyl sites for hydroxylation is 1. The van der Waals surface area contributed by atoms with Gasteiger partial charge in [-0.05, 0) is 43.7 Å². The first-order chi connectivity index (χ1) is 10.3. The average molecular weight is 323 g/mol. The quantitative estimate of drug-likeness (QED) is 0.799. The number of nitrogens with zero attached hydrogens (tertiary/aromatic N) is 1. The topological polar surface area (TPSA) is 63.7 Å². The molecule has 0 amide bonds. The zero-order valence-electron chi connectivity index (χ0n) is 12.9. The Bertz CT molecular complexity index is 677. The summed E-state index contributed by atoms with van der Waals surface area (Å²) in [6.45, 7) is 4.07. The van der Waals surface area contributed by atoms with Gasteiger partial charge in [-0.15, -0.1) is 0 Å². The number of ether oxygens (including phenoxy) is 1. The van der Waals surface area contributed by atoms with Crippen LogP contribution in [0.5, 0.6) is 0 Å². The number of carbonyl (C=O) groups is 1. The van der Waals surface area contributed by atoms with E-state index in [0.717, 1.165) is 24.8 Å². The average Bonchev–Trinajstić information content (AvgIpc) is 3.16. The van der Waals surface area contributed by atoms with E-state index in [4.69, 9.17) is 4.74 Å². The molecule has 1 aliphatic heterocycles. The Kier molecular flexibility index (Phi) is 3.77. The van der Waals surface area contributed by atoms with Gasteiger partial charge in [-0.25, -0.2) is 8.42 Å². The maximum atomic E-state index is 12.8. The second-order valence-electron chi connectivity index (χ2n) is 6.55. The highest BCUT2D eigenvalue weighted by molar-refractivity contribution is 7.89. The maximum absolute atomic E-state index is 12.8. The van der Waals surface area contributed by atoms with E-state index in [1.807, 2.05) is 6.92 Å². The van der Waals surface area contributed by atoms with Crippen LogP contribution in [0.1, 0.15) is 31.7 Å². The van der Waals surface area contributed by atoms with Gasteiger partial charge in [0.1, 0.15) is 6.10 Å². The summed E-state index contributed by atoms with van der Waals surface area (Å²) in [6, 6.07) is 6.87. The minimum absolute atomic E-state index is 0.0101. The highest BCUT2D eigenvalue weighted by Gasteiger charge is 2.51. The van der Waals surface area contributed by atoms with Gasteiger partial charge in [0.15, 0.2) is 0 Å². The predicted molar refractivity (Wildman–Crippen MR) is 81.8 cm³/mol. The van der Waals surface area contributed by atoms with E-state index >= 15 is 0 Å². The summed E-state index contributed by atoms with van der Waals surface area (Å²) in [5.74, 6) is -0.351. The molecule has 1 aromatic carbocycles. The molecule has 0 aromatic heterocycles. The van der Waals surface area contributed by atoms with Gasteiger partial charge >= 0.3 is 5.97 Å². The van der Waals surface area contributed by atoms with Crippen LogP contribution < -0.4 is 0 Å². The van der Waals surface area contributed by atoms with Gasteiger partial charge in [0.05, 0.1) is 11.4 Å². The van der Waals surface area contributed by atoms with Crippen LogP contribution in [0.2, 0.25) is 0 Å². The molecule has 2 aliphatic rings. The minimum Gasteiger partial charge on any atom is -0.461 e. The summed E-state index contributed by atoms with van der Waals surface area (Å²) >= 11 is 0. The molecule has 0 radical (unpaired) electrons. The molecular weight excluding hydrogens is 302 g/mol. The van der Waals surface area contributed by atoms with Gasteiger partial charge in [0.2, 0.25) is 10.0 Å². The molecule has 1 aromatic rings. The lowest BCUT2D eigenvalue weighted by Gasteiger charge is -2.36. The van der Waals surface area contributed by atoms with Crippen molar-refractivity contribution >= 4 is 16.0 Å². The molecule has 0 bridgehead atoms. The van der Waals surface area contributed by atoms with E-state index in [1.54, 1.807) is 24.3 Å². The third kappa shape index (κ3) is 3.03. The van der Waals surface area contributed by atoms with Crippen molar-refractivity contribution in [3.63, 3.8) is 0 Å². The van der Waals surface area contributed by atoms with Crippen molar-refractivity contribution in [3.8, 4) is 0 Å². The number of hydrogen-bond donors (Lipinski definition) is 0. The molecule has 1 aliphatic carbocycles. The molecule has 1 spiro atoms. The van der Waals surface area contributed by atoms with E-state index < -0.39 is 10.0 Å². The lowest BCUT2D eigenvalue weighted by molar-refractivity contribution is -0.149. The highest BCUT2D eigenvalue weighted by atomic mass is 32.2. The van der Waals surface area contributed by atoms with Crippen LogP contribution in [0.15, 0.2) is 29.2 Å². The molecule has 2 fully saturated rings. The molecule has 120 valence electrons. The summed E-state index contributed by atoms with van der Waals surface area (Å²) in [6.07, 6.45) is 2.44. The Hall–Kier alpha value is -1.40. The summed E-state index contributed by atoms with van der Waals surface area (Å²) in [7, 11) is -3.54. The lowest BCUT2D eigenvalue weighted by atomic mass is 9.94. The van der Waals surface area contributed by atoms with Crippen LogP contribution in [0.25, 0.3) is 0 Å². The van der Waals surface area contributed by atoms with E-state index in [2.05, 4.69) is 0 Å². The normalized spacial score (nSPS) is 24.2. The zero-order valence-corrected chi connectivity index (χ0v) is 13.7. The van der Waals surface area contributed by atoms with E-state index in [0.29, 0.717) is 11.4 Å². The maximum Gasteiger partial charge on any atom is 0.302 e. The predicted octanol–water partition coefficient (Wildman–Crippen LogP) is 2.10. The molecule has 6 heteroatoms. The summed E-state index contributed by atoms with van der Waals surface area (Å²) in [4.78, 5) is 11.5. The van der Waals surface area contributed by atoms with Crippen molar-refractivity contribution in [2.75, 3.05) is 13.1 Å². The first-order valence-corrected chi connectivity index (χ1v) is 8.99. The Labute approximate surface area is 131 Å². The number of rotatable bonds is 3. The first kappa shape index (κ1) is 15.5. The Morgan fingerprint density at radius 2 is 1.91 bits per heavy atom. The molecule has 1 saturated heterocycles. The van der Waals surface area contributed by atoms with Gasteiger partial charge in [0.25, 0.3) is 0 Å². The van der Waals surface area contributed by atoms with Crippen LogP contribution in [-0.4, -0.2) is 37.9 Å². The van der Waals surface area contributed by atoms with Crippen LogP contribution >= 0.6 is 0 Å². The zero-order chi connectivity index (χ0) is 16.0. The fraction of sp³-hybridized carbons (Fsp3) is 0.562. The second-order valence-corrected chi connectivity index (χ2v) is 8.48. The first-order valence-electron chi connectivity index (χ1n) is 7.55. The third-order valence-corrected chi connectivity index (χ3v) is 6.35. The molecule has 0 N–H and O–H groups in total. The number of hydrogen-bond acceptors (Lipinski definition) is 4.